The van der Waals surface area contributed by atoms with Gasteiger partial charge in [0, 0.05) is 0 Å². The zero-order valence-corrected chi connectivity index (χ0v) is 12.1. The van der Waals surface area contributed by atoms with Gasteiger partial charge in [-0.2, -0.15) is 0 Å². The second-order valence-corrected chi connectivity index (χ2v) is 5.49. The smallest absolute Gasteiger partial charge is 0.138 e. The summed E-state index contributed by atoms with van der Waals surface area (Å²) in [6, 6.07) is 7.37. The number of ether oxygens (including phenoxy) is 1. The number of piperidine rings is 1. The number of nitrogens with zero attached hydrogens (tertiary/aromatic N) is 1. The Labute approximate surface area is 120 Å². The van der Waals surface area contributed by atoms with Gasteiger partial charge in [-0.15, -0.1) is 0 Å². The van der Waals surface area contributed by atoms with E-state index >= 15 is 0 Å². The zero-order chi connectivity index (χ0) is 13.7. The summed E-state index contributed by atoms with van der Waals surface area (Å²) in [7, 11) is 0. The molecule has 0 amide bonds. The van der Waals surface area contributed by atoms with Gasteiger partial charge < -0.3 is 14.7 Å². The van der Waals surface area contributed by atoms with Gasteiger partial charge in [0.25, 0.3) is 0 Å². The van der Waals surface area contributed by atoms with Crippen molar-refractivity contribution in [3.63, 3.8) is 0 Å². The number of hydrogen-bond donors (Lipinski definition) is 1. The highest BCUT2D eigenvalue weighted by atomic mass is 35.5. The van der Waals surface area contributed by atoms with Crippen LogP contribution < -0.4 is 4.74 Å². The first-order valence-corrected chi connectivity index (χ1v) is 7.36. The Kier molecular flexibility index (Phi) is 5.49. The predicted molar refractivity (Wildman–Crippen MR) is 77.8 cm³/mol. The Morgan fingerprint density at radius 3 is 2.68 bits per heavy atom. The normalized spacial score (nSPS) is 19.3. The highest BCUT2D eigenvalue weighted by Crippen LogP contribution is 2.25. The minimum Gasteiger partial charge on any atom is -0.489 e. The van der Waals surface area contributed by atoms with Crippen molar-refractivity contribution < 1.29 is 9.84 Å². The number of para-hydroxylation sites is 1. The molecule has 106 valence electrons. The SMILES string of the molecule is CCN1CCC(C(O)COc2ccccc2Cl)CC1. The van der Waals surface area contributed by atoms with Gasteiger partial charge in [-0.05, 0) is 50.5 Å². The number of aliphatic hydroxyl groups is 1. The number of hydrogen-bond acceptors (Lipinski definition) is 3. The Bertz CT molecular complexity index is 391. The van der Waals surface area contributed by atoms with Crippen molar-refractivity contribution >= 4 is 11.6 Å². The topological polar surface area (TPSA) is 32.7 Å². The van der Waals surface area contributed by atoms with Crippen LogP contribution in [-0.4, -0.2) is 42.4 Å². The van der Waals surface area contributed by atoms with Crippen LogP contribution in [0.2, 0.25) is 5.02 Å². The average Bonchev–Trinajstić information content (AvgIpc) is 2.46. The molecule has 0 radical (unpaired) electrons. The molecule has 1 heterocycles. The Balaban J connectivity index is 1.79. The van der Waals surface area contributed by atoms with E-state index in [1.165, 1.54) is 0 Å². The molecular formula is C15H22ClNO2. The third-order valence-electron chi connectivity index (χ3n) is 3.87. The van der Waals surface area contributed by atoms with E-state index < -0.39 is 6.10 Å². The molecule has 0 spiro atoms. The lowest BCUT2D eigenvalue weighted by Crippen LogP contribution is -2.39. The van der Waals surface area contributed by atoms with Gasteiger partial charge in [-0.3, -0.25) is 0 Å². The zero-order valence-electron chi connectivity index (χ0n) is 11.4. The van der Waals surface area contributed by atoms with Gasteiger partial charge in [0.1, 0.15) is 12.4 Å². The van der Waals surface area contributed by atoms with Crippen molar-refractivity contribution in [2.24, 2.45) is 5.92 Å². The lowest BCUT2D eigenvalue weighted by atomic mass is 9.91. The Hall–Kier alpha value is -0.770. The first-order valence-electron chi connectivity index (χ1n) is 6.98. The first-order chi connectivity index (χ1) is 9.20. The maximum absolute atomic E-state index is 10.2. The van der Waals surface area contributed by atoms with E-state index in [0.29, 0.717) is 23.3 Å². The van der Waals surface area contributed by atoms with Gasteiger partial charge >= 0.3 is 0 Å². The van der Waals surface area contributed by atoms with Crippen LogP contribution in [0.15, 0.2) is 24.3 Å². The molecule has 0 bridgehead atoms. The first kappa shape index (κ1) is 14.6. The van der Waals surface area contributed by atoms with E-state index in [1.807, 2.05) is 18.2 Å². The molecule has 3 nitrogen and oxygen atoms in total. The Morgan fingerprint density at radius 2 is 2.05 bits per heavy atom. The molecule has 1 atom stereocenters. The summed E-state index contributed by atoms with van der Waals surface area (Å²) in [5, 5.41) is 10.8. The van der Waals surface area contributed by atoms with Crippen LogP contribution in [0.5, 0.6) is 5.75 Å². The van der Waals surface area contributed by atoms with Crippen molar-refractivity contribution in [3.05, 3.63) is 29.3 Å². The number of aliphatic hydroxyl groups excluding tert-OH is 1. The Morgan fingerprint density at radius 1 is 1.37 bits per heavy atom. The molecule has 2 rings (SSSR count). The van der Waals surface area contributed by atoms with E-state index in [2.05, 4.69) is 11.8 Å². The van der Waals surface area contributed by atoms with E-state index in [1.54, 1.807) is 6.07 Å². The summed E-state index contributed by atoms with van der Waals surface area (Å²) in [6.07, 6.45) is 1.68. The molecule has 19 heavy (non-hydrogen) atoms. The molecule has 1 aliphatic heterocycles. The summed E-state index contributed by atoms with van der Waals surface area (Å²) < 4.78 is 5.61. The third-order valence-corrected chi connectivity index (χ3v) is 4.18. The van der Waals surface area contributed by atoms with Crippen LogP contribution in [0.3, 0.4) is 0 Å². The van der Waals surface area contributed by atoms with Crippen molar-refractivity contribution in [2.75, 3.05) is 26.2 Å². The third kappa shape index (κ3) is 4.10. The van der Waals surface area contributed by atoms with E-state index in [9.17, 15) is 5.11 Å². The minimum absolute atomic E-state index is 0.320. The lowest BCUT2D eigenvalue weighted by Gasteiger charge is -2.33. The summed E-state index contributed by atoms with van der Waals surface area (Å²) in [4.78, 5) is 2.41. The molecule has 0 aliphatic carbocycles. The lowest BCUT2D eigenvalue weighted by molar-refractivity contribution is 0.0267. The van der Waals surface area contributed by atoms with Crippen molar-refractivity contribution in [2.45, 2.75) is 25.9 Å². The molecule has 0 aromatic heterocycles. The van der Waals surface area contributed by atoms with Gasteiger partial charge in [-0.25, -0.2) is 0 Å². The standard InChI is InChI=1S/C15H22ClNO2/c1-2-17-9-7-12(8-10-17)14(18)11-19-15-6-4-3-5-13(15)16/h3-6,12,14,18H,2,7-11H2,1H3. The maximum atomic E-state index is 10.2. The minimum atomic E-state index is -0.407. The van der Waals surface area contributed by atoms with E-state index in [0.717, 1.165) is 32.5 Å². The number of rotatable bonds is 5. The van der Waals surface area contributed by atoms with Gasteiger partial charge in [0.2, 0.25) is 0 Å². The summed E-state index contributed by atoms with van der Waals surface area (Å²) in [5.41, 5.74) is 0. The predicted octanol–water partition coefficient (Wildman–Crippen LogP) is 2.81. The summed E-state index contributed by atoms with van der Waals surface area (Å²) in [6.45, 7) is 5.74. The van der Waals surface area contributed by atoms with Gasteiger partial charge in [0.15, 0.2) is 0 Å². The highest BCUT2D eigenvalue weighted by Gasteiger charge is 2.25. The maximum Gasteiger partial charge on any atom is 0.138 e. The average molecular weight is 284 g/mol. The monoisotopic (exact) mass is 283 g/mol. The number of likely N-dealkylation sites (tertiary alicyclic amines) is 1. The molecule has 1 aromatic rings. The van der Waals surface area contributed by atoms with E-state index in [4.69, 9.17) is 16.3 Å². The largest absolute Gasteiger partial charge is 0.489 e. The van der Waals surface area contributed by atoms with Crippen LogP contribution in [0.1, 0.15) is 19.8 Å². The summed E-state index contributed by atoms with van der Waals surface area (Å²) >= 11 is 6.02. The van der Waals surface area contributed by atoms with Crippen LogP contribution in [0.4, 0.5) is 0 Å². The summed E-state index contributed by atoms with van der Waals surface area (Å²) in [5.74, 6) is 0.986. The van der Waals surface area contributed by atoms with Crippen LogP contribution in [0, 0.1) is 5.92 Å². The fourth-order valence-corrected chi connectivity index (χ4v) is 2.72. The molecule has 0 saturated carbocycles. The molecular weight excluding hydrogens is 262 g/mol. The highest BCUT2D eigenvalue weighted by molar-refractivity contribution is 6.32. The van der Waals surface area contributed by atoms with Gasteiger partial charge in [0.05, 0.1) is 11.1 Å². The number of benzene rings is 1. The van der Waals surface area contributed by atoms with Crippen LogP contribution in [0.25, 0.3) is 0 Å². The molecule has 1 aromatic carbocycles. The van der Waals surface area contributed by atoms with Crippen molar-refractivity contribution in [3.8, 4) is 5.75 Å². The van der Waals surface area contributed by atoms with E-state index in [-0.39, 0.29) is 0 Å². The number of halogens is 1. The second kappa shape index (κ2) is 7.13. The van der Waals surface area contributed by atoms with Crippen LogP contribution in [-0.2, 0) is 0 Å². The van der Waals surface area contributed by atoms with Crippen molar-refractivity contribution in [1.82, 2.24) is 4.90 Å². The molecule has 1 fully saturated rings. The molecule has 1 aliphatic rings. The van der Waals surface area contributed by atoms with Crippen molar-refractivity contribution in [1.29, 1.82) is 0 Å². The quantitative estimate of drug-likeness (QED) is 0.902. The fourth-order valence-electron chi connectivity index (χ4n) is 2.53. The fraction of sp³-hybridized carbons (Fsp3) is 0.600. The molecule has 4 heteroatoms. The molecule has 1 N–H and O–H groups in total. The van der Waals surface area contributed by atoms with Crippen LogP contribution >= 0.6 is 11.6 Å². The molecule has 1 unspecified atom stereocenters. The molecule has 1 saturated heterocycles. The van der Waals surface area contributed by atoms with Gasteiger partial charge in [-0.1, -0.05) is 30.7 Å². The second-order valence-electron chi connectivity index (χ2n) is 5.08.